The zero-order chi connectivity index (χ0) is 10.6. The summed E-state index contributed by atoms with van der Waals surface area (Å²) in [7, 11) is 1.72. The first-order valence-corrected chi connectivity index (χ1v) is 4.91. The Bertz CT molecular complexity index is 289. The van der Waals surface area contributed by atoms with Gasteiger partial charge in [-0.15, -0.1) is 0 Å². The summed E-state index contributed by atoms with van der Waals surface area (Å²) >= 11 is 0. The standard InChI is InChI=1S/C12H19NO/c1-12(2,13)11-6-4-5-10(9-11)7-8-14-3/h4-6,9H,7-8,13H2,1-3H3. The van der Waals surface area contributed by atoms with Crippen LogP contribution >= 0.6 is 0 Å². The van der Waals surface area contributed by atoms with Crippen LogP contribution in [0, 0.1) is 0 Å². The molecule has 2 N–H and O–H groups in total. The molecule has 0 saturated heterocycles. The van der Waals surface area contributed by atoms with Crippen molar-refractivity contribution in [1.29, 1.82) is 0 Å². The minimum absolute atomic E-state index is 0.261. The van der Waals surface area contributed by atoms with Crippen molar-refractivity contribution in [3.05, 3.63) is 35.4 Å². The highest BCUT2D eigenvalue weighted by Gasteiger charge is 2.13. The highest BCUT2D eigenvalue weighted by atomic mass is 16.5. The molecule has 0 unspecified atom stereocenters. The first kappa shape index (κ1) is 11.2. The number of methoxy groups -OCH3 is 1. The number of benzene rings is 1. The van der Waals surface area contributed by atoms with Crippen molar-refractivity contribution in [2.24, 2.45) is 5.73 Å². The Morgan fingerprint density at radius 3 is 2.64 bits per heavy atom. The van der Waals surface area contributed by atoms with Crippen LogP contribution in [-0.2, 0) is 16.7 Å². The van der Waals surface area contributed by atoms with Gasteiger partial charge in [0.05, 0.1) is 6.61 Å². The number of rotatable bonds is 4. The lowest BCUT2D eigenvalue weighted by Gasteiger charge is -2.19. The monoisotopic (exact) mass is 193 g/mol. The molecule has 1 rings (SSSR count). The minimum atomic E-state index is -0.261. The lowest BCUT2D eigenvalue weighted by atomic mass is 9.93. The summed E-state index contributed by atoms with van der Waals surface area (Å²) in [6, 6.07) is 8.37. The third kappa shape index (κ3) is 3.13. The quantitative estimate of drug-likeness (QED) is 0.794. The molecule has 0 aromatic heterocycles. The van der Waals surface area contributed by atoms with E-state index in [2.05, 4.69) is 24.3 Å². The van der Waals surface area contributed by atoms with E-state index in [9.17, 15) is 0 Å². The van der Waals surface area contributed by atoms with Gasteiger partial charge in [-0.3, -0.25) is 0 Å². The first-order valence-electron chi connectivity index (χ1n) is 4.91. The van der Waals surface area contributed by atoms with Gasteiger partial charge in [-0.25, -0.2) is 0 Å². The average molecular weight is 193 g/mol. The van der Waals surface area contributed by atoms with E-state index in [1.165, 1.54) is 11.1 Å². The second-order valence-electron chi connectivity index (χ2n) is 4.16. The molecule has 0 bridgehead atoms. The third-order valence-electron chi connectivity index (χ3n) is 2.27. The molecule has 0 saturated carbocycles. The number of nitrogens with two attached hydrogens (primary N) is 1. The van der Waals surface area contributed by atoms with Crippen LogP contribution in [0.3, 0.4) is 0 Å². The Balaban J connectivity index is 2.79. The van der Waals surface area contributed by atoms with Crippen molar-refractivity contribution in [2.45, 2.75) is 25.8 Å². The fraction of sp³-hybridized carbons (Fsp3) is 0.500. The van der Waals surface area contributed by atoms with E-state index >= 15 is 0 Å². The SMILES string of the molecule is COCCc1cccc(C(C)(C)N)c1. The van der Waals surface area contributed by atoms with Crippen LogP contribution in [0.2, 0.25) is 0 Å². The van der Waals surface area contributed by atoms with Crippen LogP contribution in [0.1, 0.15) is 25.0 Å². The first-order chi connectivity index (χ1) is 6.54. The molecule has 0 aliphatic heterocycles. The molecule has 1 aromatic rings. The Kier molecular flexibility index (Phi) is 3.67. The third-order valence-corrected chi connectivity index (χ3v) is 2.27. The summed E-state index contributed by atoms with van der Waals surface area (Å²) in [5.74, 6) is 0. The predicted octanol–water partition coefficient (Wildman–Crippen LogP) is 2.07. The molecular weight excluding hydrogens is 174 g/mol. The van der Waals surface area contributed by atoms with Crippen LogP contribution < -0.4 is 5.73 Å². The Labute approximate surface area is 86.1 Å². The normalized spacial score (nSPS) is 11.7. The molecule has 0 amide bonds. The van der Waals surface area contributed by atoms with Crippen LogP contribution in [0.4, 0.5) is 0 Å². The van der Waals surface area contributed by atoms with Gasteiger partial charge in [0.15, 0.2) is 0 Å². The van der Waals surface area contributed by atoms with Gasteiger partial charge in [-0.1, -0.05) is 24.3 Å². The van der Waals surface area contributed by atoms with E-state index in [0.717, 1.165) is 13.0 Å². The number of hydrogen-bond donors (Lipinski definition) is 1. The maximum Gasteiger partial charge on any atom is 0.0502 e. The molecule has 0 spiro atoms. The molecule has 1 aromatic carbocycles. The molecule has 0 atom stereocenters. The molecule has 0 aliphatic rings. The zero-order valence-corrected chi connectivity index (χ0v) is 9.21. The van der Waals surface area contributed by atoms with E-state index in [0.29, 0.717) is 0 Å². The van der Waals surface area contributed by atoms with Gasteiger partial charge in [0, 0.05) is 12.6 Å². The van der Waals surface area contributed by atoms with Gasteiger partial charge >= 0.3 is 0 Å². The predicted molar refractivity (Wildman–Crippen MR) is 59.2 cm³/mol. The Morgan fingerprint density at radius 1 is 1.36 bits per heavy atom. The fourth-order valence-corrected chi connectivity index (χ4v) is 1.35. The van der Waals surface area contributed by atoms with Crippen molar-refractivity contribution >= 4 is 0 Å². The number of hydrogen-bond acceptors (Lipinski definition) is 2. The zero-order valence-electron chi connectivity index (χ0n) is 9.21. The van der Waals surface area contributed by atoms with Crippen molar-refractivity contribution in [3.63, 3.8) is 0 Å². The minimum Gasteiger partial charge on any atom is -0.384 e. The lowest BCUT2D eigenvalue weighted by molar-refractivity contribution is 0.202. The number of ether oxygens (including phenoxy) is 1. The average Bonchev–Trinajstić information content (AvgIpc) is 2.14. The molecule has 2 heteroatoms. The van der Waals surface area contributed by atoms with E-state index in [-0.39, 0.29) is 5.54 Å². The Hall–Kier alpha value is -0.860. The largest absolute Gasteiger partial charge is 0.384 e. The summed E-state index contributed by atoms with van der Waals surface area (Å²) in [4.78, 5) is 0. The lowest BCUT2D eigenvalue weighted by Crippen LogP contribution is -2.28. The molecule has 0 aliphatic carbocycles. The summed E-state index contributed by atoms with van der Waals surface area (Å²) in [5, 5.41) is 0. The summed E-state index contributed by atoms with van der Waals surface area (Å²) < 4.78 is 5.04. The van der Waals surface area contributed by atoms with Gasteiger partial charge in [-0.2, -0.15) is 0 Å². The van der Waals surface area contributed by atoms with Crippen molar-refractivity contribution in [1.82, 2.24) is 0 Å². The van der Waals surface area contributed by atoms with Crippen LogP contribution in [0.25, 0.3) is 0 Å². The van der Waals surface area contributed by atoms with E-state index < -0.39 is 0 Å². The molecule has 78 valence electrons. The van der Waals surface area contributed by atoms with Crippen LogP contribution in [0.5, 0.6) is 0 Å². The molecule has 14 heavy (non-hydrogen) atoms. The highest BCUT2D eigenvalue weighted by molar-refractivity contribution is 5.28. The van der Waals surface area contributed by atoms with Gasteiger partial charge in [0.1, 0.15) is 0 Å². The van der Waals surface area contributed by atoms with Crippen molar-refractivity contribution in [3.8, 4) is 0 Å². The maximum atomic E-state index is 6.02. The highest BCUT2D eigenvalue weighted by Crippen LogP contribution is 2.18. The Morgan fingerprint density at radius 2 is 2.07 bits per heavy atom. The van der Waals surface area contributed by atoms with Gasteiger partial charge in [0.2, 0.25) is 0 Å². The van der Waals surface area contributed by atoms with E-state index in [1.807, 2.05) is 13.8 Å². The van der Waals surface area contributed by atoms with Gasteiger partial charge in [0.25, 0.3) is 0 Å². The van der Waals surface area contributed by atoms with Crippen molar-refractivity contribution < 1.29 is 4.74 Å². The smallest absolute Gasteiger partial charge is 0.0502 e. The maximum absolute atomic E-state index is 6.02. The van der Waals surface area contributed by atoms with Gasteiger partial charge in [-0.05, 0) is 31.4 Å². The van der Waals surface area contributed by atoms with Crippen LogP contribution in [0.15, 0.2) is 24.3 Å². The topological polar surface area (TPSA) is 35.2 Å². The second-order valence-corrected chi connectivity index (χ2v) is 4.16. The summed E-state index contributed by atoms with van der Waals surface area (Å²) in [6.07, 6.45) is 0.945. The summed E-state index contributed by atoms with van der Waals surface area (Å²) in [6.45, 7) is 4.79. The van der Waals surface area contributed by atoms with Crippen molar-refractivity contribution in [2.75, 3.05) is 13.7 Å². The van der Waals surface area contributed by atoms with Crippen LogP contribution in [-0.4, -0.2) is 13.7 Å². The fourth-order valence-electron chi connectivity index (χ4n) is 1.35. The molecule has 2 nitrogen and oxygen atoms in total. The van der Waals surface area contributed by atoms with Gasteiger partial charge < -0.3 is 10.5 Å². The molecule has 0 radical (unpaired) electrons. The molecule has 0 heterocycles. The summed E-state index contributed by atoms with van der Waals surface area (Å²) in [5.41, 5.74) is 8.21. The second kappa shape index (κ2) is 4.58. The van der Waals surface area contributed by atoms with E-state index in [4.69, 9.17) is 10.5 Å². The van der Waals surface area contributed by atoms with E-state index in [1.54, 1.807) is 7.11 Å². The molecular formula is C12H19NO. The molecule has 0 fully saturated rings.